The van der Waals surface area contributed by atoms with E-state index in [1.807, 2.05) is 30.3 Å². The number of ketones is 1. The minimum atomic E-state index is -3.74. The van der Waals surface area contributed by atoms with Gasteiger partial charge in [-0.1, -0.05) is 30.3 Å². The van der Waals surface area contributed by atoms with Gasteiger partial charge in [0.1, 0.15) is 6.04 Å². The first-order valence-corrected chi connectivity index (χ1v) is 10.4. The van der Waals surface area contributed by atoms with Gasteiger partial charge in [-0.05, 0) is 44.0 Å². The van der Waals surface area contributed by atoms with Gasteiger partial charge in [0.15, 0.2) is 5.78 Å². The molecule has 2 heterocycles. The highest BCUT2D eigenvalue weighted by molar-refractivity contribution is 7.89. The van der Waals surface area contributed by atoms with Crippen molar-refractivity contribution in [1.82, 2.24) is 14.5 Å². The Balaban J connectivity index is 1.63. The molecule has 28 heavy (non-hydrogen) atoms. The SMILES string of the molecule is CC(=O)c1ccc(S(=O)(=O)N2CCCC2c2nnc(-c3ccccc3)o2)cc1. The lowest BCUT2D eigenvalue weighted by Crippen LogP contribution is -2.30. The highest BCUT2D eigenvalue weighted by Crippen LogP contribution is 2.36. The van der Waals surface area contributed by atoms with Crippen LogP contribution in [0, 0.1) is 0 Å². The molecule has 0 radical (unpaired) electrons. The lowest BCUT2D eigenvalue weighted by molar-refractivity contribution is 0.101. The van der Waals surface area contributed by atoms with Crippen molar-refractivity contribution in [2.45, 2.75) is 30.7 Å². The molecule has 7 nitrogen and oxygen atoms in total. The number of nitrogens with zero attached hydrogens (tertiary/aromatic N) is 3. The van der Waals surface area contributed by atoms with Crippen LogP contribution in [-0.4, -0.2) is 35.2 Å². The van der Waals surface area contributed by atoms with Crippen LogP contribution in [0.1, 0.15) is 42.1 Å². The van der Waals surface area contributed by atoms with Gasteiger partial charge in [-0.25, -0.2) is 8.42 Å². The van der Waals surface area contributed by atoms with Gasteiger partial charge in [0.25, 0.3) is 0 Å². The predicted octanol–water partition coefficient (Wildman–Crippen LogP) is 3.47. The van der Waals surface area contributed by atoms with E-state index in [2.05, 4.69) is 10.2 Å². The fourth-order valence-corrected chi connectivity index (χ4v) is 4.99. The Hall–Kier alpha value is -2.84. The maximum absolute atomic E-state index is 13.1. The zero-order valence-corrected chi connectivity index (χ0v) is 16.1. The summed E-state index contributed by atoms with van der Waals surface area (Å²) >= 11 is 0. The zero-order chi connectivity index (χ0) is 19.7. The highest BCUT2D eigenvalue weighted by Gasteiger charge is 2.39. The van der Waals surface area contributed by atoms with Crippen molar-refractivity contribution < 1.29 is 17.6 Å². The van der Waals surface area contributed by atoms with Crippen molar-refractivity contribution in [3.05, 3.63) is 66.1 Å². The Morgan fingerprint density at radius 3 is 2.46 bits per heavy atom. The summed E-state index contributed by atoms with van der Waals surface area (Å²) in [6.45, 7) is 1.82. The molecule has 4 rings (SSSR count). The monoisotopic (exact) mass is 397 g/mol. The first-order valence-electron chi connectivity index (χ1n) is 8.98. The van der Waals surface area contributed by atoms with Crippen LogP contribution in [0.4, 0.5) is 0 Å². The third kappa shape index (κ3) is 3.36. The second kappa shape index (κ2) is 7.29. The van der Waals surface area contributed by atoms with E-state index < -0.39 is 16.1 Å². The molecule has 1 unspecified atom stereocenters. The van der Waals surface area contributed by atoms with E-state index in [4.69, 9.17) is 4.42 Å². The van der Waals surface area contributed by atoms with Crippen molar-refractivity contribution in [2.24, 2.45) is 0 Å². The third-order valence-corrected chi connectivity index (χ3v) is 6.74. The number of rotatable bonds is 5. The smallest absolute Gasteiger partial charge is 0.247 e. The van der Waals surface area contributed by atoms with Crippen LogP contribution < -0.4 is 0 Å². The van der Waals surface area contributed by atoms with Gasteiger partial charge in [-0.2, -0.15) is 4.31 Å². The summed E-state index contributed by atoms with van der Waals surface area (Å²) in [7, 11) is -3.74. The summed E-state index contributed by atoms with van der Waals surface area (Å²) in [6.07, 6.45) is 1.32. The number of hydrogen-bond donors (Lipinski definition) is 0. The first kappa shape index (κ1) is 18.5. The molecule has 1 saturated heterocycles. The van der Waals surface area contributed by atoms with Crippen molar-refractivity contribution in [3.63, 3.8) is 0 Å². The number of sulfonamides is 1. The molecule has 1 aliphatic rings. The molecular formula is C20H19N3O4S. The van der Waals surface area contributed by atoms with Gasteiger partial charge in [0.2, 0.25) is 21.8 Å². The van der Waals surface area contributed by atoms with Gasteiger partial charge < -0.3 is 4.42 Å². The molecular weight excluding hydrogens is 378 g/mol. The number of carbonyl (C=O) groups excluding carboxylic acids is 1. The molecule has 0 amide bonds. The normalized spacial score (nSPS) is 17.7. The predicted molar refractivity (Wildman–Crippen MR) is 102 cm³/mol. The average Bonchev–Trinajstić information content (AvgIpc) is 3.38. The van der Waals surface area contributed by atoms with Crippen LogP contribution in [0.2, 0.25) is 0 Å². The Labute approximate surface area is 163 Å². The summed E-state index contributed by atoms with van der Waals surface area (Å²) in [5, 5.41) is 8.18. The summed E-state index contributed by atoms with van der Waals surface area (Å²) in [5.74, 6) is 0.549. The number of benzene rings is 2. The Bertz CT molecular complexity index is 1090. The molecule has 1 aromatic heterocycles. The van der Waals surface area contributed by atoms with E-state index >= 15 is 0 Å². The molecule has 3 aromatic rings. The largest absolute Gasteiger partial charge is 0.419 e. The lowest BCUT2D eigenvalue weighted by atomic mass is 10.2. The molecule has 1 atom stereocenters. The number of carbonyl (C=O) groups is 1. The fraction of sp³-hybridized carbons (Fsp3) is 0.250. The second-order valence-corrected chi connectivity index (χ2v) is 8.56. The van der Waals surface area contributed by atoms with Gasteiger partial charge in [0.05, 0.1) is 4.90 Å². The molecule has 0 saturated carbocycles. The summed E-state index contributed by atoms with van der Waals surface area (Å²) in [5.41, 5.74) is 1.26. The molecule has 2 aromatic carbocycles. The number of Topliss-reactive ketones (excluding diaryl/α,β-unsaturated/α-hetero) is 1. The van der Waals surface area contributed by atoms with Crippen molar-refractivity contribution in [3.8, 4) is 11.5 Å². The van der Waals surface area contributed by atoms with Gasteiger partial charge in [-0.3, -0.25) is 4.79 Å². The molecule has 1 aliphatic heterocycles. The van der Waals surface area contributed by atoms with Gasteiger partial charge in [0, 0.05) is 17.7 Å². The average molecular weight is 397 g/mol. The third-order valence-electron chi connectivity index (χ3n) is 4.82. The van der Waals surface area contributed by atoms with Crippen molar-refractivity contribution in [1.29, 1.82) is 0 Å². The van der Waals surface area contributed by atoms with Crippen molar-refractivity contribution >= 4 is 15.8 Å². The number of aromatic nitrogens is 2. The van der Waals surface area contributed by atoms with E-state index in [-0.39, 0.29) is 10.7 Å². The summed E-state index contributed by atoms with van der Waals surface area (Å²) in [4.78, 5) is 11.6. The van der Waals surface area contributed by atoms with Crippen LogP contribution in [0.3, 0.4) is 0 Å². The summed E-state index contributed by atoms with van der Waals surface area (Å²) < 4.78 is 33.4. The Kier molecular flexibility index (Phi) is 4.82. The quantitative estimate of drug-likeness (QED) is 0.612. The molecule has 8 heteroatoms. The maximum atomic E-state index is 13.1. The van der Waals surface area contributed by atoms with Crippen LogP contribution >= 0.6 is 0 Å². The van der Waals surface area contributed by atoms with E-state index in [1.54, 1.807) is 0 Å². The van der Waals surface area contributed by atoms with Crippen LogP contribution in [0.15, 0.2) is 63.9 Å². The minimum Gasteiger partial charge on any atom is -0.419 e. The molecule has 0 aliphatic carbocycles. The molecule has 0 spiro atoms. The summed E-state index contributed by atoms with van der Waals surface area (Å²) in [6, 6.07) is 14.8. The van der Waals surface area contributed by atoms with Crippen molar-refractivity contribution in [2.75, 3.05) is 6.54 Å². The lowest BCUT2D eigenvalue weighted by Gasteiger charge is -2.21. The molecule has 1 fully saturated rings. The van der Waals surface area contributed by atoms with E-state index in [9.17, 15) is 13.2 Å². The molecule has 0 bridgehead atoms. The number of hydrogen-bond acceptors (Lipinski definition) is 6. The zero-order valence-electron chi connectivity index (χ0n) is 15.3. The van der Waals surface area contributed by atoms with E-state index in [0.717, 1.165) is 5.56 Å². The topological polar surface area (TPSA) is 93.4 Å². The van der Waals surface area contributed by atoms with E-state index in [0.29, 0.717) is 36.7 Å². The molecule has 0 N–H and O–H groups in total. The highest BCUT2D eigenvalue weighted by atomic mass is 32.2. The van der Waals surface area contributed by atoms with Crippen LogP contribution in [0.5, 0.6) is 0 Å². The second-order valence-electron chi connectivity index (χ2n) is 6.67. The van der Waals surface area contributed by atoms with Gasteiger partial charge >= 0.3 is 0 Å². The Morgan fingerprint density at radius 2 is 1.79 bits per heavy atom. The van der Waals surface area contributed by atoms with Gasteiger partial charge in [-0.15, -0.1) is 10.2 Å². The minimum absolute atomic E-state index is 0.109. The standard InChI is InChI=1S/C20H19N3O4S/c1-14(24)15-9-11-17(12-10-15)28(25,26)23-13-5-8-18(23)20-22-21-19(27-20)16-6-3-2-4-7-16/h2-4,6-7,9-12,18H,5,8,13H2,1H3. The van der Waals surface area contributed by atoms with Crippen LogP contribution in [-0.2, 0) is 10.0 Å². The first-order chi connectivity index (χ1) is 13.5. The maximum Gasteiger partial charge on any atom is 0.247 e. The molecule has 144 valence electrons. The van der Waals surface area contributed by atoms with Crippen LogP contribution in [0.25, 0.3) is 11.5 Å². The fourth-order valence-electron chi connectivity index (χ4n) is 3.34. The van der Waals surface area contributed by atoms with E-state index in [1.165, 1.54) is 35.5 Å². The Morgan fingerprint density at radius 1 is 1.07 bits per heavy atom.